The molecule has 0 aliphatic heterocycles. The molecule has 0 aromatic carbocycles. The van der Waals surface area contributed by atoms with Gasteiger partial charge >= 0.3 is 0 Å². The Bertz CT molecular complexity index is 286. The predicted molar refractivity (Wildman–Crippen MR) is 58.6 cm³/mol. The molecular weight excluding hydrogens is 216 g/mol. The first-order valence-electron chi connectivity index (χ1n) is 5.39. The molecule has 90 valence electrons. The van der Waals surface area contributed by atoms with Crippen LogP contribution in [-0.4, -0.2) is 31.7 Å². The van der Waals surface area contributed by atoms with Crippen molar-refractivity contribution in [3.63, 3.8) is 0 Å². The van der Waals surface area contributed by atoms with Gasteiger partial charge in [0.15, 0.2) is 0 Å². The summed E-state index contributed by atoms with van der Waals surface area (Å²) in [5.41, 5.74) is -0.722. The minimum Gasteiger partial charge on any atom is -0.394 e. The normalized spacial score (nSPS) is 18.1. The average Bonchev–Trinajstić information content (AvgIpc) is 2.97. The highest BCUT2D eigenvalue weighted by atomic mass is 32.2. The van der Waals surface area contributed by atoms with Crippen LogP contribution in [-0.2, 0) is 10.2 Å². The molecule has 0 atom stereocenters. The molecule has 0 saturated heterocycles. The van der Waals surface area contributed by atoms with Gasteiger partial charge < -0.3 is 5.11 Å². The Kier molecular flexibility index (Phi) is 4.11. The molecule has 6 heteroatoms. The quantitative estimate of drug-likeness (QED) is 0.587. The van der Waals surface area contributed by atoms with Crippen LogP contribution in [0.4, 0.5) is 0 Å². The van der Waals surface area contributed by atoms with Crippen LogP contribution in [0.5, 0.6) is 0 Å². The molecule has 0 unspecified atom stereocenters. The van der Waals surface area contributed by atoms with Crippen molar-refractivity contribution in [2.75, 3.05) is 6.61 Å². The first-order chi connectivity index (χ1) is 6.97. The van der Waals surface area contributed by atoms with Gasteiger partial charge in [-0.15, -0.1) is 0 Å². The second-order valence-electron chi connectivity index (χ2n) is 4.14. The largest absolute Gasteiger partial charge is 0.394 e. The van der Waals surface area contributed by atoms with E-state index in [9.17, 15) is 13.5 Å². The van der Waals surface area contributed by atoms with Crippen molar-refractivity contribution >= 4 is 10.2 Å². The van der Waals surface area contributed by atoms with E-state index < -0.39 is 15.7 Å². The van der Waals surface area contributed by atoms with E-state index in [1.807, 2.05) is 13.8 Å². The van der Waals surface area contributed by atoms with Gasteiger partial charge in [-0.3, -0.25) is 0 Å². The van der Waals surface area contributed by atoms with E-state index in [0.29, 0.717) is 12.8 Å². The molecule has 1 fully saturated rings. The van der Waals surface area contributed by atoms with E-state index in [4.69, 9.17) is 0 Å². The van der Waals surface area contributed by atoms with Gasteiger partial charge in [0.1, 0.15) is 0 Å². The van der Waals surface area contributed by atoms with Gasteiger partial charge in [0, 0.05) is 6.04 Å². The molecule has 0 spiro atoms. The molecule has 1 aliphatic rings. The van der Waals surface area contributed by atoms with Crippen molar-refractivity contribution in [3.8, 4) is 0 Å². The second kappa shape index (κ2) is 4.78. The number of aliphatic hydroxyl groups is 1. The maximum Gasteiger partial charge on any atom is 0.277 e. The Morgan fingerprint density at radius 1 is 1.33 bits per heavy atom. The van der Waals surface area contributed by atoms with Gasteiger partial charge in [0.2, 0.25) is 0 Å². The molecular formula is C9H20N2O3S. The van der Waals surface area contributed by atoms with Gasteiger partial charge in [0.25, 0.3) is 10.2 Å². The summed E-state index contributed by atoms with van der Waals surface area (Å²) in [7, 11) is -3.47. The van der Waals surface area contributed by atoms with Crippen LogP contribution in [0, 0.1) is 0 Å². The van der Waals surface area contributed by atoms with Crippen LogP contribution in [0.25, 0.3) is 0 Å². The van der Waals surface area contributed by atoms with Gasteiger partial charge in [-0.1, -0.05) is 13.8 Å². The molecule has 0 amide bonds. The minimum atomic E-state index is -3.47. The molecule has 0 aromatic heterocycles. The van der Waals surface area contributed by atoms with Crippen LogP contribution >= 0.6 is 0 Å². The summed E-state index contributed by atoms with van der Waals surface area (Å²) in [4.78, 5) is 0. The van der Waals surface area contributed by atoms with Crippen molar-refractivity contribution in [1.82, 2.24) is 9.44 Å². The molecule has 15 heavy (non-hydrogen) atoms. The molecule has 0 aromatic rings. The summed E-state index contributed by atoms with van der Waals surface area (Å²) >= 11 is 0. The van der Waals surface area contributed by atoms with Crippen LogP contribution in [0.2, 0.25) is 0 Å². The molecule has 1 saturated carbocycles. The SMILES string of the molecule is CCC(CC)(CO)NS(=O)(=O)NC1CC1. The smallest absolute Gasteiger partial charge is 0.277 e. The third kappa shape index (κ3) is 3.71. The summed E-state index contributed by atoms with van der Waals surface area (Å²) in [6, 6.07) is 0.0904. The third-order valence-corrected chi connectivity index (χ3v) is 4.25. The maximum atomic E-state index is 11.6. The zero-order valence-corrected chi connectivity index (χ0v) is 10.1. The Labute approximate surface area is 91.4 Å². The summed E-state index contributed by atoms with van der Waals surface area (Å²) in [5.74, 6) is 0. The molecule has 0 radical (unpaired) electrons. The molecule has 1 aliphatic carbocycles. The highest BCUT2D eigenvalue weighted by Crippen LogP contribution is 2.21. The molecule has 0 bridgehead atoms. The standard InChI is InChI=1S/C9H20N2O3S/c1-3-9(4-2,7-12)11-15(13,14)10-8-5-6-8/h8,10-12H,3-7H2,1-2H3. The number of nitrogens with one attached hydrogen (secondary N) is 2. The number of hydrogen-bond acceptors (Lipinski definition) is 3. The van der Waals surface area contributed by atoms with Gasteiger partial charge in [-0.25, -0.2) is 0 Å². The lowest BCUT2D eigenvalue weighted by molar-refractivity contribution is 0.172. The summed E-state index contributed by atoms with van der Waals surface area (Å²) in [6.45, 7) is 3.55. The Morgan fingerprint density at radius 3 is 2.20 bits per heavy atom. The molecule has 5 nitrogen and oxygen atoms in total. The Balaban J connectivity index is 2.62. The zero-order chi connectivity index (χ0) is 11.5. The zero-order valence-electron chi connectivity index (χ0n) is 9.28. The Morgan fingerprint density at radius 2 is 1.87 bits per heavy atom. The van der Waals surface area contributed by atoms with E-state index in [1.54, 1.807) is 0 Å². The second-order valence-corrected chi connectivity index (χ2v) is 5.59. The highest BCUT2D eigenvalue weighted by Gasteiger charge is 2.33. The van der Waals surface area contributed by atoms with Crippen molar-refractivity contribution < 1.29 is 13.5 Å². The summed E-state index contributed by atoms with van der Waals surface area (Å²) < 4.78 is 28.4. The van der Waals surface area contributed by atoms with Gasteiger partial charge in [-0.05, 0) is 25.7 Å². The lowest BCUT2D eigenvalue weighted by Crippen LogP contribution is -2.54. The fourth-order valence-corrected chi connectivity index (χ4v) is 3.04. The van der Waals surface area contributed by atoms with Crippen molar-refractivity contribution in [3.05, 3.63) is 0 Å². The first-order valence-corrected chi connectivity index (χ1v) is 6.87. The van der Waals surface area contributed by atoms with E-state index in [1.165, 1.54) is 0 Å². The predicted octanol–water partition coefficient (Wildman–Crippen LogP) is 0.124. The van der Waals surface area contributed by atoms with Gasteiger partial charge in [0.05, 0.1) is 12.1 Å². The topological polar surface area (TPSA) is 78.4 Å². The molecule has 1 rings (SSSR count). The lowest BCUT2D eigenvalue weighted by atomic mass is 9.96. The number of aliphatic hydroxyl groups excluding tert-OH is 1. The van der Waals surface area contributed by atoms with Crippen LogP contribution in [0.1, 0.15) is 39.5 Å². The van der Waals surface area contributed by atoms with Crippen LogP contribution < -0.4 is 9.44 Å². The van der Waals surface area contributed by atoms with Crippen LogP contribution in [0.3, 0.4) is 0 Å². The van der Waals surface area contributed by atoms with E-state index >= 15 is 0 Å². The average molecular weight is 236 g/mol. The van der Waals surface area contributed by atoms with Gasteiger partial charge in [-0.2, -0.15) is 17.9 Å². The third-order valence-electron chi connectivity index (χ3n) is 2.91. The van der Waals surface area contributed by atoms with E-state index in [2.05, 4.69) is 9.44 Å². The first kappa shape index (κ1) is 12.9. The highest BCUT2D eigenvalue weighted by molar-refractivity contribution is 7.87. The molecule has 3 N–H and O–H groups in total. The maximum absolute atomic E-state index is 11.6. The fourth-order valence-electron chi connectivity index (χ4n) is 1.39. The summed E-state index contributed by atoms with van der Waals surface area (Å²) in [5, 5.41) is 9.23. The number of rotatable bonds is 7. The van der Waals surface area contributed by atoms with Crippen molar-refractivity contribution in [2.24, 2.45) is 0 Å². The lowest BCUT2D eigenvalue weighted by Gasteiger charge is -2.30. The Hall–Kier alpha value is -0.170. The van der Waals surface area contributed by atoms with E-state index in [-0.39, 0.29) is 12.6 Å². The number of hydrogen-bond donors (Lipinski definition) is 3. The minimum absolute atomic E-state index is 0.0904. The van der Waals surface area contributed by atoms with E-state index in [0.717, 1.165) is 12.8 Å². The molecule has 0 heterocycles. The fraction of sp³-hybridized carbons (Fsp3) is 1.00. The van der Waals surface area contributed by atoms with Crippen molar-refractivity contribution in [2.45, 2.75) is 51.1 Å². The summed E-state index contributed by atoms with van der Waals surface area (Å²) in [6.07, 6.45) is 2.97. The van der Waals surface area contributed by atoms with Crippen LogP contribution in [0.15, 0.2) is 0 Å². The van der Waals surface area contributed by atoms with Crippen molar-refractivity contribution in [1.29, 1.82) is 0 Å². The monoisotopic (exact) mass is 236 g/mol.